The van der Waals surface area contributed by atoms with Crippen molar-refractivity contribution < 1.29 is 23.9 Å². The van der Waals surface area contributed by atoms with Crippen LogP contribution in [0.25, 0.3) is 6.08 Å². The van der Waals surface area contributed by atoms with Crippen LogP contribution in [-0.4, -0.2) is 36.1 Å². The third kappa shape index (κ3) is 9.59. The molecule has 0 spiro atoms. The minimum Gasteiger partial charge on any atom is -0.462 e. The summed E-state index contributed by atoms with van der Waals surface area (Å²) in [5.74, 6) is -1.40. The second kappa shape index (κ2) is 15.4. The van der Waals surface area contributed by atoms with Crippen LogP contribution < -0.4 is 16.0 Å². The van der Waals surface area contributed by atoms with E-state index >= 15 is 0 Å². The van der Waals surface area contributed by atoms with E-state index in [0.29, 0.717) is 33.1 Å². The largest absolute Gasteiger partial charge is 0.462 e. The van der Waals surface area contributed by atoms with Gasteiger partial charge in [-0.15, -0.1) is 11.8 Å². The highest BCUT2D eigenvalue weighted by Crippen LogP contribution is 2.22. The zero-order chi connectivity index (χ0) is 30.6. The minimum absolute atomic E-state index is 0.0570. The predicted molar refractivity (Wildman–Crippen MR) is 170 cm³/mol. The fourth-order valence-electron chi connectivity index (χ4n) is 3.75. The first-order valence-corrected chi connectivity index (χ1v) is 14.6. The number of carbonyl (C=O) groups is 4. The summed E-state index contributed by atoms with van der Waals surface area (Å²) in [4.78, 5) is 51.0. The number of halogens is 1. The Labute approximate surface area is 258 Å². The highest BCUT2D eigenvalue weighted by molar-refractivity contribution is 8.00. The van der Waals surface area contributed by atoms with Crippen molar-refractivity contribution in [1.82, 2.24) is 5.32 Å². The van der Waals surface area contributed by atoms with Crippen LogP contribution in [0.5, 0.6) is 0 Å². The smallest absolute Gasteiger partial charge is 0.338 e. The molecule has 10 heteroatoms. The molecule has 0 aliphatic heterocycles. The van der Waals surface area contributed by atoms with Crippen molar-refractivity contribution >= 4 is 64.5 Å². The average Bonchev–Trinajstić information content (AvgIpc) is 3.02. The summed E-state index contributed by atoms with van der Waals surface area (Å²) in [7, 11) is 0. The van der Waals surface area contributed by atoms with Gasteiger partial charge in [-0.1, -0.05) is 41.9 Å². The number of anilines is 2. The number of nitrogens with one attached hydrogen (secondary N) is 3. The maximum Gasteiger partial charge on any atom is 0.338 e. The van der Waals surface area contributed by atoms with Crippen molar-refractivity contribution in [3.63, 3.8) is 0 Å². The Hall–Kier alpha value is -4.86. The third-order valence-corrected chi connectivity index (χ3v) is 7.14. The summed E-state index contributed by atoms with van der Waals surface area (Å²) in [6, 6.07) is 28.9. The van der Waals surface area contributed by atoms with E-state index in [1.165, 1.54) is 11.8 Å². The Bertz CT molecular complexity index is 1610. The van der Waals surface area contributed by atoms with Gasteiger partial charge in [0, 0.05) is 26.9 Å². The highest BCUT2D eigenvalue weighted by atomic mass is 35.5. The van der Waals surface area contributed by atoms with Gasteiger partial charge in [-0.3, -0.25) is 14.4 Å². The van der Waals surface area contributed by atoms with E-state index in [1.807, 2.05) is 0 Å². The molecule has 0 aliphatic carbocycles. The molecule has 0 radical (unpaired) electrons. The Morgan fingerprint density at radius 2 is 1.40 bits per heavy atom. The molecule has 4 rings (SSSR count). The SMILES string of the molecule is CCOC(=O)c1ccc(NC(=O)CSc2ccc(NC(=O)/C(=C/c3ccc(Cl)cc3)NC(=O)c3ccccc3)cc2)cc1. The maximum absolute atomic E-state index is 13.2. The van der Waals surface area contributed by atoms with E-state index in [-0.39, 0.29) is 24.0 Å². The number of amides is 3. The minimum atomic E-state index is -0.506. The molecule has 0 unspecified atom stereocenters. The van der Waals surface area contributed by atoms with Crippen molar-refractivity contribution in [3.8, 4) is 0 Å². The predicted octanol–water partition coefficient (Wildman–Crippen LogP) is 6.66. The van der Waals surface area contributed by atoms with Gasteiger partial charge in [0.2, 0.25) is 5.91 Å². The number of hydrogen-bond donors (Lipinski definition) is 3. The number of thioether (sulfide) groups is 1. The van der Waals surface area contributed by atoms with Gasteiger partial charge in [0.25, 0.3) is 11.8 Å². The van der Waals surface area contributed by atoms with Crippen molar-refractivity contribution in [2.75, 3.05) is 23.0 Å². The summed E-state index contributed by atoms with van der Waals surface area (Å²) < 4.78 is 4.96. The summed E-state index contributed by atoms with van der Waals surface area (Å²) in [6.45, 7) is 2.03. The van der Waals surface area contributed by atoms with Crippen LogP contribution in [-0.2, 0) is 14.3 Å². The summed E-state index contributed by atoms with van der Waals surface area (Å²) in [5.41, 5.74) is 2.64. The van der Waals surface area contributed by atoms with Gasteiger partial charge in [0.1, 0.15) is 5.70 Å². The second-order valence-corrected chi connectivity index (χ2v) is 10.5. The quantitative estimate of drug-likeness (QED) is 0.0991. The van der Waals surface area contributed by atoms with Crippen LogP contribution in [0, 0.1) is 0 Å². The van der Waals surface area contributed by atoms with E-state index in [1.54, 1.807) is 116 Å². The van der Waals surface area contributed by atoms with Gasteiger partial charge in [-0.2, -0.15) is 0 Å². The number of benzene rings is 4. The number of ether oxygens (including phenoxy) is 1. The van der Waals surface area contributed by atoms with Gasteiger partial charge >= 0.3 is 5.97 Å². The molecule has 0 heterocycles. The molecule has 0 bridgehead atoms. The molecule has 3 N–H and O–H groups in total. The molecule has 0 fully saturated rings. The molecule has 0 aliphatic rings. The normalized spacial score (nSPS) is 10.9. The topological polar surface area (TPSA) is 114 Å². The number of esters is 1. The zero-order valence-electron chi connectivity index (χ0n) is 23.1. The van der Waals surface area contributed by atoms with Gasteiger partial charge in [0.05, 0.1) is 17.9 Å². The highest BCUT2D eigenvalue weighted by Gasteiger charge is 2.15. The fraction of sp³-hybridized carbons (Fsp3) is 0.0909. The first-order chi connectivity index (χ1) is 20.8. The maximum atomic E-state index is 13.2. The first kappa shape index (κ1) is 31.1. The Morgan fingerprint density at radius 3 is 2.05 bits per heavy atom. The van der Waals surface area contributed by atoms with Gasteiger partial charge in [0.15, 0.2) is 0 Å². The lowest BCUT2D eigenvalue weighted by atomic mass is 10.1. The molecule has 3 amide bonds. The van der Waals surface area contributed by atoms with Crippen LogP contribution in [0.4, 0.5) is 11.4 Å². The van der Waals surface area contributed by atoms with Crippen LogP contribution in [0.2, 0.25) is 5.02 Å². The monoisotopic (exact) mass is 613 g/mol. The van der Waals surface area contributed by atoms with Crippen molar-refractivity contribution in [2.45, 2.75) is 11.8 Å². The van der Waals surface area contributed by atoms with E-state index < -0.39 is 17.8 Å². The summed E-state index contributed by atoms with van der Waals surface area (Å²) >= 11 is 7.31. The zero-order valence-corrected chi connectivity index (χ0v) is 24.7. The standard InChI is InChI=1S/C33H28ClN3O5S/c1-2-42-33(41)24-10-14-26(15-11-24)35-30(38)21-43-28-18-16-27(17-19-28)36-32(40)29(20-22-8-12-25(34)13-9-22)37-31(39)23-6-4-3-5-7-23/h3-20H,2,21H2,1H3,(H,35,38)(H,36,40)(H,37,39)/b29-20-. The van der Waals surface area contributed by atoms with E-state index in [0.717, 1.165) is 4.90 Å². The lowest BCUT2D eigenvalue weighted by Gasteiger charge is -2.12. The Balaban J connectivity index is 1.35. The van der Waals surface area contributed by atoms with Crippen molar-refractivity contribution in [3.05, 3.63) is 131 Å². The molecule has 4 aromatic carbocycles. The van der Waals surface area contributed by atoms with E-state index in [2.05, 4.69) is 16.0 Å². The molecule has 218 valence electrons. The van der Waals surface area contributed by atoms with Crippen LogP contribution in [0.1, 0.15) is 33.2 Å². The van der Waals surface area contributed by atoms with Gasteiger partial charge in [-0.25, -0.2) is 4.79 Å². The van der Waals surface area contributed by atoms with Crippen molar-refractivity contribution in [1.29, 1.82) is 0 Å². The van der Waals surface area contributed by atoms with E-state index in [4.69, 9.17) is 16.3 Å². The van der Waals surface area contributed by atoms with Crippen molar-refractivity contribution in [2.24, 2.45) is 0 Å². The number of carbonyl (C=O) groups excluding carboxylic acids is 4. The molecular weight excluding hydrogens is 586 g/mol. The molecule has 0 aromatic heterocycles. The number of rotatable bonds is 11. The molecule has 0 saturated heterocycles. The Kier molecular flexibility index (Phi) is 11.1. The number of hydrogen-bond acceptors (Lipinski definition) is 6. The third-order valence-electron chi connectivity index (χ3n) is 5.87. The van der Waals surface area contributed by atoms with Crippen LogP contribution >= 0.6 is 23.4 Å². The molecule has 0 saturated carbocycles. The summed E-state index contributed by atoms with van der Waals surface area (Å²) in [6.07, 6.45) is 1.57. The van der Waals surface area contributed by atoms with Crippen LogP contribution in [0.15, 0.2) is 114 Å². The molecule has 4 aromatic rings. The van der Waals surface area contributed by atoms with Gasteiger partial charge < -0.3 is 20.7 Å². The summed E-state index contributed by atoms with van der Waals surface area (Å²) in [5, 5.41) is 8.85. The lowest BCUT2D eigenvalue weighted by molar-refractivity contribution is -0.114. The first-order valence-electron chi connectivity index (χ1n) is 13.3. The van der Waals surface area contributed by atoms with Gasteiger partial charge in [-0.05, 0) is 91.4 Å². The second-order valence-electron chi connectivity index (χ2n) is 9.04. The Morgan fingerprint density at radius 1 is 0.767 bits per heavy atom. The molecule has 8 nitrogen and oxygen atoms in total. The molecule has 43 heavy (non-hydrogen) atoms. The molecule has 0 atom stereocenters. The molecular formula is C33H28ClN3O5S. The average molecular weight is 614 g/mol. The lowest BCUT2D eigenvalue weighted by Crippen LogP contribution is -2.30. The van der Waals surface area contributed by atoms with E-state index in [9.17, 15) is 19.2 Å². The van der Waals surface area contributed by atoms with Crippen LogP contribution in [0.3, 0.4) is 0 Å². The fourth-order valence-corrected chi connectivity index (χ4v) is 4.58.